The van der Waals surface area contributed by atoms with Gasteiger partial charge in [0.15, 0.2) is 0 Å². The van der Waals surface area contributed by atoms with E-state index in [1.165, 1.54) is 0 Å². The van der Waals surface area contributed by atoms with Crippen LogP contribution in [0.2, 0.25) is 0 Å². The molecule has 2 aromatic heterocycles. The van der Waals surface area contributed by atoms with Crippen LogP contribution in [0.15, 0.2) is 37.4 Å². The molecular formula is C13H22BF3N4O3. The molecule has 0 unspecified atom stereocenters. The SMILES string of the molecule is CC[n+]1ccn(C)c1.CC[n+]1ccn(C)c1.[O-]B([O-])OC(F)(F)F. The van der Waals surface area contributed by atoms with Gasteiger partial charge in [0.25, 0.3) is 0 Å². The summed E-state index contributed by atoms with van der Waals surface area (Å²) in [4.78, 5) is 0. The number of aryl methyl sites for hydroxylation is 4. The van der Waals surface area contributed by atoms with Gasteiger partial charge in [-0.25, -0.2) is 18.3 Å². The van der Waals surface area contributed by atoms with Crippen LogP contribution in [0.3, 0.4) is 0 Å². The molecule has 0 radical (unpaired) electrons. The van der Waals surface area contributed by atoms with Gasteiger partial charge in [-0.1, -0.05) is 0 Å². The van der Waals surface area contributed by atoms with Crippen molar-refractivity contribution in [2.75, 3.05) is 0 Å². The van der Waals surface area contributed by atoms with Crippen molar-refractivity contribution < 1.29 is 37.0 Å². The minimum absolute atomic E-state index is 1.06. The van der Waals surface area contributed by atoms with Crippen molar-refractivity contribution in [2.45, 2.75) is 33.3 Å². The highest BCUT2D eigenvalue weighted by atomic mass is 19.4. The zero-order valence-corrected chi connectivity index (χ0v) is 14.1. The Kier molecular flexibility index (Phi) is 10.0. The van der Waals surface area contributed by atoms with E-state index in [1.807, 2.05) is 35.6 Å². The molecule has 0 aliphatic heterocycles. The molecule has 2 heterocycles. The molecular weight excluding hydrogens is 328 g/mol. The minimum atomic E-state index is -5.10. The maximum atomic E-state index is 10.7. The molecule has 0 amide bonds. The Morgan fingerprint density at radius 3 is 1.42 bits per heavy atom. The molecule has 0 atom stereocenters. The van der Waals surface area contributed by atoms with Gasteiger partial charge in [-0.3, -0.25) is 0 Å². The fourth-order valence-electron chi connectivity index (χ4n) is 1.49. The van der Waals surface area contributed by atoms with Crippen molar-refractivity contribution in [3.8, 4) is 0 Å². The Bertz CT molecular complexity index is 533. The van der Waals surface area contributed by atoms with Crippen LogP contribution in [0.4, 0.5) is 13.2 Å². The molecule has 0 bridgehead atoms. The predicted octanol–water partition coefficient (Wildman–Crippen LogP) is -1.11. The Morgan fingerprint density at radius 2 is 1.33 bits per heavy atom. The fraction of sp³-hybridized carbons (Fsp3) is 0.538. The van der Waals surface area contributed by atoms with E-state index in [2.05, 4.69) is 52.7 Å². The number of alkyl halides is 3. The fourth-order valence-corrected chi connectivity index (χ4v) is 1.49. The van der Waals surface area contributed by atoms with Gasteiger partial charge < -0.3 is 14.7 Å². The van der Waals surface area contributed by atoms with Gasteiger partial charge in [-0.05, 0) is 13.8 Å². The number of nitrogens with zero attached hydrogens (tertiary/aromatic N) is 4. The lowest BCUT2D eigenvalue weighted by Crippen LogP contribution is -2.50. The summed E-state index contributed by atoms with van der Waals surface area (Å²) >= 11 is 0. The van der Waals surface area contributed by atoms with Gasteiger partial charge in [0, 0.05) is 0 Å². The van der Waals surface area contributed by atoms with Gasteiger partial charge in [-0.2, -0.15) is 0 Å². The smallest absolute Gasteiger partial charge is 0.505 e. The van der Waals surface area contributed by atoms with E-state index < -0.39 is 13.7 Å². The van der Waals surface area contributed by atoms with Crippen LogP contribution in [0.1, 0.15) is 13.8 Å². The maximum absolute atomic E-state index is 10.7. The topological polar surface area (TPSA) is 73.0 Å². The van der Waals surface area contributed by atoms with Crippen molar-refractivity contribution in [1.82, 2.24) is 9.13 Å². The molecule has 0 N–H and O–H groups in total. The third kappa shape index (κ3) is 11.7. The zero-order chi connectivity index (χ0) is 18.8. The molecule has 0 aliphatic carbocycles. The number of hydrogen-bond acceptors (Lipinski definition) is 3. The minimum Gasteiger partial charge on any atom is -0.870 e. The van der Waals surface area contributed by atoms with Gasteiger partial charge in [0.2, 0.25) is 12.7 Å². The second kappa shape index (κ2) is 10.8. The second-order valence-corrected chi connectivity index (χ2v) is 4.67. The molecule has 2 aromatic rings. The normalized spacial score (nSPS) is 10.4. The predicted molar refractivity (Wildman–Crippen MR) is 75.5 cm³/mol. The van der Waals surface area contributed by atoms with E-state index in [9.17, 15) is 13.2 Å². The molecule has 11 heteroatoms. The number of imidazole rings is 2. The summed E-state index contributed by atoms with van der Waals surface area (Å²) in [6.07, 6.45) is 7.18. The van der Waals surface area contributed by atoms with Gasteiger partial charge in [-0.15, -0.1) is 13.2 Å². The summed E-state index contributed by atoms with van der Waals surface area (Å²) in [7, 11) is 0.758. The van der Waals surface area contributed by atoms with Gasteiger partial charge in [0.1, 0.15) is 24.8 Å². The summed E-state index contributed by atoms with van der Waals surface area (Å²) in [5.74, 6) is 0. The van der Waals surface area contributed by atoms with Crippen molar-refractivity contribution >= 4 is 7.32 Å². The van der Waals surface area contributed by atoms with E-state index in [1.54, 1.807) is 0 Å². The Morgan fingerprint density at radius 1 is 0.958 bits per heavy atom. The van der Waals surface area contributed by atoms with E-state index in [-0.39, 0.29) is 0 Å². The summed E-state index contributed by atoms with van der Waals surface area (Å²) < 4.78 is 42.7. The number of aromatic nitrogens is 4. The first-order valence-corrected chi connectivity index (χ1v) is 7.15. The van der Waals surface area contributed by atoms with Crippen LogP contribution in [0.5, 0.6) is 0 Å². The van der Waals surface area contributed by atoms with E-state index in [0.717, 1.165) is 13.1 Å². The van der Waals surface area contributed by atoms with Crippen LogP contribution in [-0.4, -0.2) is 22.8 Å². The lowest BCUT2D eigenvalue weighted by Gasteiger charge is -2.26. The molecule has 0 aromatic carbocycles. The largest absolute Gasteiger partial charge is 0.870 e. The lowest BCUT2D eigenvalue weighted by atomic mass is 10.3. The summed E-state index contributed by atoms with van der Waals surface area (Å²) in [6.45, 7) is 6.36. The number of halogens is 3. The second-order valence-electron chi connectivity index (χ2n) is 4.67. The van der Waals surface area contributed by atoms with E-state index in [0.29, 0.717) is 0 Å². The van der Waals surface area contributed by atoms with Gasteiger partial charge >= 0.3 is 6.36 Å². The molecule has 0 saturated carbocycles. The van der Waals surface area contributed by atoms with E-state index >= 15 is 0 Å². The molecule has 136 valence electrons. The summed E-state index contributed by atoms with van der Waals surface area (Å²) in [5.41, 5.74) is 0. The van der Waals surface area contributed by atoms with Crippen molar-refractivity contribution in [3.63, 3.8) is 0 Å². The van der Waals surface area contributed by atoms with Crippen LogP contribution in [0.25, 0.3) is 0 Å². The van der Waals surface area contributed by atoms with Crippen molar-refractivity contribution in [3.05, 3.63) is 37.4 Å². The quantitative estimate of drug-likeness (QED) is 0.521. The first kappa shape index (κ1) is 22.2. The first-order valence-electron chi connectivity index (χ1n) is 7.15. The third-order valence-electron chi connectivity index (χ3n) is 2.61. The highest BCUT2D eigenvalue weighted by molar-refractivity contribution is 6.28. The molecule has 2 rings (SSSR count). The van der Waals surface area contributed by atoms with Crippen LogP contribution in [0, 0.1) is 0 Å². The maximum Gasteiger partial charge on any atom is 0.505 e. The Hall–Kier alpha value is -1.85. The molecule has 0 spiro atoms. The van der Waals surface area contributed by atoms with Gasteiger partial charge in [0.05, 0.1) is 34.5 Å². The summed E-state index contributed by atoms with van der Waals surface area (Å²) in [5, 5.41) is 18.1. The van der Waals surface area contributed by atoms with Crippen LogP contribution < -0.4 is 19.2 Å². The van der Waals surface area contributed by atoms with Crippen LogP contribution >= 0.6 is 0 Å². The molecule has 0 saturated heterocycles. The average Bonchev–Trinajstić information content (AvgIpc) is 3.05. The molecule has 0 aliphatic rings. The molecule has 24 heavy (non-hydrogen) atoms. The number of rotatable bonds is 3. The Labute approximate surface area is 139 Å². The van der Waals surface area contributed by atoms with Crippen molar-refractivity contribution in [2.24, 2.45) is 14.1 Å². The van der Waals surface area contributed by atoms with Crippen LogP contribution in [-0.2, 0) is 31.8 Å². The standard InChI is InChI=1S/2C6H11N2.CBF3O3/c2*1-3-8-5-4-7(2)6-8;3-1(4,5)8-2(6)7/h2*4-6H,3H2,1-2H3;/q2*+1;-2. The molecule has 7 nitrogen and oxygen atoms in total. The first-order chi connectivity index (χ1) is 11.1. The third-order valence-corrected chi connectivity index (χ3v) is 2.61. The molecule has 0 fully saturated rings. The Balaban J connectivity index is 0.000000331. The lowest BCUT2D eigenvalue weighted by molar-refractivity contribution is -0.693. The number of hydrogen-bond donors (Lipinski definition) is 0. The zero-order valence-electron chi connectivity index (χ0n) is 14.1. The highest BCUT2D eigenvalue weighted by Crippen LogP contribution is 2.14. The summed E-state index contributed by atoms with van der Waals surface area (Å²) in [6, 6.07) is 0. The average molecular weight is 350 g/mol. The monoisotopic (exact) mass is 350 g/mol. The highest BCUT2D eigenvalue weighted by Gasteiger charge is 2.26. The van der Waals surface area contributed by atoms with E-state index in [4.69, 9.17) is 10.0 Å². The van der Waals surface area contributed by atoms with Crippen molar-refractivity contribution in [1.29, 1.82) is 0 Å².